The number of carbonyl (C=O) groups is 2. The molecule has 2 aromatic rings. The standard InChI is InChI=1S/C19H18FN3O4S/c1-26-15-4-2-3-5-16(15)27-12-18(25)22-23-19(28)21-17(24)11-8-13-6-9-14(20)10-7-13/h2-11H,12H2,1H3,(H,22,25)(H2,21,23,24,28)/b11-8+. The maximum absolute atomic E-state index is 12.8. The van der Waals surface area contributed by atoms with E-state index in [1.165, 1.54) is 43.5 Å². The zero-order valence-corrected chi connectivity index (χ0v) is 15.7. The molecular weight excluding hydrogens is 385 g/mol. The molecule has 146 valence electrons. The van der Waals surface area contributed by atoms with Gasteiger partial charge in [0.1, 0.15) is 5.82 Å². The lowest BCUT2D eigenvalue weighted by atomic mass is 10.2. The molecule has 0 saturated carbocycles. The summed E-state index contributed by atoms with van der Waals surface area (Å²) in [5.74, 6) is -0.468. The van der Waals surface area contributed by atoms with Gasteiger partial charge < -0.3 is 9.47 Å². The molecule has 0 aliphatic heterocycles. The number of rotatable bonds is 6. The Balaban J connectivity index is 1.71. The summed E-state index contributed by atoms with van der Waals surface area (Å²) in [6.07, 6.45) is 2.73. The van der Waals surface area contributed by atoms with Crippen molar-refractivity contribution in [1.29, 1.82) is 0 Å². The Bertz CT molecular complexity index is 872. The Labute approximate surface area is 166 Å². The van der Waals surface area contributed by atoms with Crippen LogP contribution in [0.4, 0.5) is 4.39 Å². The number of hydrogen-bond donors (Lipinski definition) is 3. The minimum absolute atomic E-state index is 0.0978. The van der Waals surface area contributed by atoms with E-state index in [9.17, 15) is 14.0 Å². The molecule has 9 heteroatoms. The molecule has 2 aromatic carbocycles. The first-order chi connectivity index (χ1) is 13.5. The number of hydrazine groups is 1. The van der Waals surface area contributed by atoms with Gasteiger partial charge in [0.2, 0.25) is 5.91 Å². The largest absolute Gasteiger partial charge is 0.493 e. The maximum Gasteiger partial charge on any atom is 0.276 e. The number of benzene rings is 2. The second kappa shape index (κ2) is 10.6. The van der Waals surface area contributed by atoms with Crippen LogP contribution in [0, 0.1) is 5.82 Å². The van der Waals surface area contributed by atoms with E-state index in [1.807, 2.05) is 0 Å². The van der Waals surface area contributed by atoms with Gasteiger partial charge in [0.25, 0.3) is 5.91 Å². The minimum Gasteiger partial charge on any atom is -0.493 e. The van der Waals surface area contributed by atoms with Gasteiger partial charge in [-0.2, -0.15) is 0 Å². The number of hydrogen-bond acceptors (Lipinski definition) is 5. The van der Waals surface area contributed by atoms with Crippen LogP contribution < -0.4 is 25.6 Å². The first-order valence-corrected chi connectivity index (χ1v) is 8.48. The molecule has 0 unspecified atom stereocenters. The van der Waals surface area contributed by atoms with Gasteiger partial charge in [-0.15, -0.1) is 0 Å². The molecule has 0 saturated heterocycles. The van der Waals surface area contributed by atoms with Gasteiger partial charge in [0.15, 0.2) is 23.2 Å². The lowest BCUT2D eigenvalue weighted by molar-refractivity contribution is -0.123. The van der Waals surface area contributed by atoms with Crippen molar-refractivity contribution in [1.82, 2.24) is 16.2 Å². The average molecular weight is 403 g/mol. The number of carbonyl (C=O) groups excluding carboxylic acids is 2. The van der Waals surface area contributed by atoms with Gasteiger partial charge in [-0.25, -0.2) is 4.39 Å². The quantitative estimate of drug-likeness (QED) is 0.388. The molecule has 0 atom stereocenters. The molecule has 0 heterocycles. The normalized spacial score (nSPS) is 10.2. The van der Waals surface area contributed by atoms with Crippen LogP contribution in [0.25, 0.3) is 6.08 Å². The van der Waals surface area contributed by atoms with E-state index in [2.05, 4.69) is 16.2 Å². The van der Waals surface area contributed by atoms with Crippen molar-refractivity contribution >= 4 is 35.2 Å². The van der Waals surface area contributed by atoms with E-state index in [-0.39, 0.29) is 17.5 Å². The van der Waals surface area contributed by atoms with Gasteiger partial charge in [0, 0.05) is 6.08 Å². The average Bonchev–Trinajstić information content (AvgIpc) is 2.70. The van der Waals surface area contributed by atoms with Crippen molar-refractivity contribution in [2.75, 3.05) is 13.7 Å². The van der Waals surface area contributed by atoms with E-state index in [0.29, 0.717) is 17.1 Å². The third-order valence-corrected chi connectivity index (χ3v) is 3.48. The highest BCUT2D eigenvalue weighted by Crippen LogP contribution is 2.25. The van der Waals surface area contributed by atoms with Crippen LogP contribution in [-0.2, 0) is 9.59 Å². The van der Waals surface area contributed by atoms with Crippen LogP contribution >= 0.6 is 12.2 Å². The van der Waals surface area contributed by atoms with Gasteiger partial charge in [-0.1, -0.05) is 24.3 Å². The predicted octanol–water partition coefficient (Wildman–Crippen LogP) is 1.95. The minimum atomic E-state index is -0.513. The maximum atomic E-state index is 12.8. The van der Waals surface area contributed by atoms with Crippen molar-refractivity contribution in [3.8, 4) is 11.5 Å². The molecular formula is C19H18FN3O4S. The number of ether oxygens (including phenoxy) is 2. The fraction of sp³-hybridized carbons (Fsp3) is 0.105. The van der Waals surface area contributed by atoms with Gasteiger partial charge >= 0.3 is 0 Å². The van der Waals surface area contributed by atoms with Crippen LogP contribution in [-0.4, -0.2) is 30.6 Å². The van der Waals surface area contributed by atoms with Crippen LogP contribution in [0.1, 0.15) is 5.56 Å². The van der Waals surface area contributed by atoms with Crippen molar-refractivity contribution < 1.29 is 23.5 Å². The monoisotopic (exact) mass is 403 g/mol. The highest BCUT2D eigenvalue weighted by molar-refractivity contribution is 7.80. The molecule has 0 fully saturated rings. The van der Waals surface area contributed by atoms with E-state index < -0.39 is 11.8 Å². The summed E-state index contributed by atoms with van der Waals surface area (Å²) in [4.78, 5) is 23.6. The highest BCUT2D eigenvalue weighted by Gasteiger charge is 2.07. The number of para-hydroxylation sites is 2. The van der Waals surface area contributed by atoms with Crippen LogP contribution in [0.5, 0.6) is 11.5 Å². The summed E-state index contributed by atoms with van der Waals surface area (Å²) in [5.41, 5.74) is 5.34. The Morgan fingerprint density at radius 2 is 1.75 bits per heavy atom. The number of halogens is 1. The molecule has 0 aliphatic carbocycles. The van der Waals surface area contributed by atoms with Gasteiger partial charge in [0.05, 0.1) is 7.11 Å². The molecule has 0 bridgehead atoms. The Kier molecular flexibility index (Phi) is 7.92. The van der Waals surface area contributed by atoms with Crippen molar-refractivity contribution in [3.05, 3.63) is 66.0 Å². The second-order valence-corrected chi connectivity index (χ2v) is 5.72. The summed E-state index contributed by atoms with van der Waals surface area (Å²) < 4.78 is 23.3. The van der Waals surface area contributed by atoms with E-state index >= 15 is 0 Å². The molecule has 2 amide bonds. The van der Waals surface area contributed by atoms with Crippen LogP contribution in [0.15, 0.2) is 54.6 Å². The summed E-state index contributed by atoms with van der Waals surface area (Å²) in [6.45, 7) is -0.283. The highest BCUT2D eigenvalue weighted by atomic mass is 32.1. The number of amides is 2. The predicted molar refractivity (Wildman–Crippen MR) is 106 cm³/mol. The van der Waals surface area contributed by atoms with Gasteiger partial charge in [-0.3, -0.25) is 25.8 Å². The Hall–Kier alpha value is -3.46. The molecule has 0 aliphatic rings. The fourth-order valence-corrected chi connectivity index (χ4v) is 2.13. The van der Waals surface area contributed by atoms with E-state index in [1.54, 1.807) is 24.3 Å². The molecule has 0 radical (unpaired) electrons. The molecule has 28 heavy (non-hydrogen) atoms. The number of nitrogens with one attached hydrogen (secondary N) is 3. The molecule has 3 N–H and O–H groups in total. The molecule has 0 aromatic heterocycles. The second-order valence-electron chi connectivity index (χ2n) is 5.32. The Morgan fingerprint density at radius 1 is 1.07 bits per heavy atom. The first-order valence-electron chi connectivity index (χ1n) is 8.07. The molecule has 0 spiro atoms. The SMILES string of the molecule is COc1ccccc1OCC(=O)NNC(=S)NC(=O)/C=C/c1ccc(F)cc1. The smallest absolute Gasteiger partial charge is 0.276 e. The van der Waals surface area contributed by atoms with Crippen molar-refractivity contribution in [2.24, 2.45) is 0 Å². The van der Waals surface area contributed by atoms with E-state index in [4.69, 9.17) is 21.7 Å². The third kappa shape index (κ3) is 7.04. The number of thiocarbonyl (C=S) groups is 1. The van der Waals surface area contributed by atoms with Crippen LogP contribution in [0.3, 0.4) is 0 Å². The summed E-state index contributed by atoms with van der Waals surface area (Å²) in [7, 11) is 1.50. The van der Waals surface area contributed by atoms with Crippen LogP contribution in [0.2, 0.25) is 0 Å². The lowest BCUT2D eigenvalue weighted by Crippen LogP contribution is -2.49. The van der Waals surface area contributed by atoms with Gasteiger partial charge in [-0.05, 0) is 48.1 Å². The lowest BCUT2D eigenvalue weighted by Gasteiger charge is -2.12. The molecule has 7 nitrogen and oxygen atoms in total. The fourth-order valence-electron chi connectivity index (χ4n) is 1.97. The third-order valence-electron chi connectivity index (χ3n) is 3.28. The first kappa shape index (κ1) is 20.8. The molecule has 2 rings (SSSR count). The summed E-state index contributed by atoms with van der Waals surface area (Å²) >= 11 is 4.91. The van der Waals surface area contributed by atoms with Crippen molar-refractivity contribution in [2.45, 2.75) is 0 Å². The Morgan fingerprint density at radius 3 is 2.43 bits per heavy atom. The summed E-state index contributed by atoms with van der Waals surface area (Å²) in [5, 5.41) is 2.26. The summed E-state index contributed by atoms with van der Waals surface area (Å²) in [6, 6.07) is 12.5. The topological polar surface area (TPSA) is 88.7 Å². The zero-order chi connectivity index (χ0) is 20.4. The van der Waals surface area contributed by atoms with Crippen molar-refractivity contribution in [3.63, 3.8) is 0 Å². The van der Waals surface area contributed by atoms with E-state index in [0.717, 1.165) is 0 Å². The number of methoxy groups -OCH3 is 1. The zero-order valence-electron chi connectivity index (χ0n) is 14.9.